The smallest absolute Gasteiger partial charge is 0.242 e. The number of nitrogens with one attached hydrogen (secondary N) is 1. The summed E-state index contributed by atoms with van der Waals surface area (Å²) in [5.41, 5.74) is 0.848. The third-order valence-electron chi connectivity index (χ3n) is 3.15. The number of amides is 1. The summed E-state index contributed by atoms with van der Waals surface area (Å²) in [7, 11) is 0. The van der Waals surface area contributed by atoms with Crippen molar-refractivity contribution in [2.75, 3.05) is 12.8 Å². The Bertz CT molecular complexity index is 392. The van der Waals surface area contributed by atoms with E-state index in [-0.39, 0.29) is 10.7 Å². The van der Waals surface area contributed by atoms with E-state index in [1.807, 2.05) is 42.1 Å². The van der Waals surface area contributed by atoms with Crippen LogP contribution in [0.5, 0.6) is 0 Å². The van der Waals surface area contributed by atoms with E-state index in [0.717, 1.165) is 12.1 Å². The molecule has 1 N–H and O–H groups in total. The quantitative estimate of drug-likeness (QED) is 0.833. The first-order valence-electron chi connectivity index (χ1n) is 5.69. The minimum absolute atomic E-state index is 0.0989. The van der Waals surface area contributed by atoms with E-state index < -0.39 is 5.38 Å². The van der Waals surface area contributed by atoms with Crippen molar-refractivity contribution in [3.63, 3.8) is 0 Å². The molecule has 2 nitrogen and oxygen atoms in total. The Morgan fingerprint density at radius 2 is 2.12 bits per heavy atom. The van der Waals surface area contributed by atoms with Crippen LogP contribution in [0.3, 0.4) is 0 Å². The number of carbonyl (C=O) groups is 1. The van der Waals surface area contributed by atoms with Gasteiger partial charge in [0.15, 0.2) is 0 Å². The third kappa shape index (κ3) is 3.17. The van der Waals surface area contributed by atoms with Gasteiger partial charge in [0.25, 0.3) is 0 Å². The molecule has 1 saturated carbocycles. The van der Waals surface area contributed by atoms with Gasteiger partial charge in [-0.1, -0.05) is 30.3 Å². The minimum atomic E-state index is -0.589. The van der Waals surface area contributed by atoms with Gasteiger partial charge in [-0.25, -0.2) is 0 Å². The van der Waals surface area contributed by atoms with E-state index >= 15 is 0 Å². The van der Waals surface area contributed by atoms with Crippen LogP contribution in [-0.4, -0.2) is 23.5 Å². The Labute approximate surface area is 111 Å². The normalized spacial score (nSPS) is 18.5. The molecule has 1 aliphatic carbocycles. The van der Waals surface area contributed by atoms with Crippen LogP contribution in [0.25, 0.3) is 0 Å². The van der Waals surface area contributed by atoms with Crippen LogP contribution in [0.4, 0.5) is 0 Å². The van der Waals surface area contributed by atoms with E-state index in [2.05, 4.69) is 11.6 Å². The fourth-order valence-corrected chi connectivity index (χ4v) is 2.65. The Morgan fingerprint density at radius 1 is 1.47 bits per heavy atom. The highest BCUT2D eigenvalue weighted by molar-refractivity contribution is 8.00. The fraction of sp³-hybridized carbons (Fsp3) is 0.462. The minimum Gasteiger partial charge on any atom is -0.353 e. The van der Waals surface area contributed by atoms with E-state index in [9.17, 15) is 4.79 Å². The van der Waals surface area contributed by atoms with E-state index in [1.165, 1.54) is 12.8 Å². The maximum absolute atomic E-state index is 11.9. The summed E-state index contributed by atoms with van der Waals surface area (Å²) < 4.78 is 0.281. The molecule has 17 heavy (non-hydrogen) atoms. The van der Waals surface area contributed by atoms with Crippen molar-refractivity contribution in [2.45, 2.75) is 23.0 Å². The molecule has 0 aromatic heterocycles. The number of halogens is 1. The van der Waals surface area contributed by atoms with Crippen molar-refractivity contribution in [3.8, 4) is 0 Å². The maximum Gasteiger partial charge on any atom is 0.242 e. The van der Waals surface area contributed by atoms with Crippen molar-refractivity contribution in [2.24, 2.45) is 0 Å². The topological polar surface area (TPSA) is 29.1 Å². The van der Waals surface area contributed by atoms with Gasteiger partial charge in [-0.2, -0.15) is 11.8 Å². The van der Waals surface area contributed by atoms with E-state index in [1.54, 1.807) is 0 Å². The Hall–Kier alpha value is -0.670. The van der Waals surface area contributed by atoms with Crippen molar-refractivity contribution in [3.05, 3.63) is 35.9 Å². The first kappa shape index (κ1) is 12.8. The van der Waals surface area contributed by atoms with Gasteiger partial charge in [-0.3, -0.25) is 4.79 Å². The Morgan fingerprint density at radius 3 is 2.65 bits per heavy atom. The van der Waals surface area contributed by atoms with Crippen LogP contribution < -0.4 is 5.32 Å². The highest BCUT2D eigenvalue weighted by atomic mass is 35.5. The van der Waals surface area contributed by atoms with Crippen LogP contribution in [0.15, 0.2) is 30.3 Å². The molecule has 1 aliphatic rings. The van der Waals surface area contributed by atoms with Crippen molar-refractivity contribution >= 4 is 29.3 Å². The monoisotopic (exact) mass is 269 g/mol. The lowest BCUT2D eigenvalue weighted by atomic mass is 10.1. The summed E-state index contributed by atoms with van der Waals surface area (Å²) in [6, 6.07) is 9.44. The molecule has 0 spiro atoms. The first-order chi connectivity index (χ1) is 8.17. The second kappa shape index (κ2) is 5.32. The molecule has 92 valence electrons. The van der Waals surface area contributed by atoms with Crippen LogP contribution in [-0.2, 0) is 4.79 Å². The summed E-state index contributed by atoms with van der Waals surface area (Å²) in [6.07, 6.45) is 4.47. The lowest BCUT2D eigenvalue weighted by Gasteiger charge is -2.15. The van der Waals surface area contributed by atoms with Gasteiger partial charge in [0.1, 0.15) is 5.38 Å². The predicted molar refractivity (Wildman–Crippen MR) is 73.5 cm³/mol. The van der Waals surface area contributed by atoms with Crippen LogP contribution >= 0.6 is 23.4 Å². The van der Waals surface area contributed by atoms with Gasteiger partial charge in [-0.15, -0.1) is 11.6 Å². The summed E-state index contributed by atoms with van der Waals surface area (Å²) in [5.74, 6) is -0.0989. The molecule has 0 heterocycles. The molecule has 0 bridgehead atoms. The molecule has 1 aromatic rings. The van der Waals surface area contributed by atoms with Gasteiger partial charge in [0, 0.05) is 11.3 Å². The zero-order valence-corrected chi connectivity index (χ0v) is 11.4. The highest BCUT2D eigenvalue weighted by Gasteiger charge is 2.42. The SMILES string of the molecule is CSC1(CNC(=O)C(Cl)c2ccccc2)CC1. The van der Waals surface area contributed by atoms with E-state index in [4.69, 9.17) is 11.6 Å². The molecular formula is C13H16ClNOS. The van der Waals surface area contributed by atoms with Gasteiger partial charge in [-0.05, 0) is 24.7 Å². The summed E-state index contributed by atoms with van der Waals surface area (Å²) in [5, 5.41) is 2.35. The lowest BCUT2D eigenvalue weighted by molar-refractivity contribution is -0.120. The largest absolute Gasteiger partial charge is 0.353 e. The number of hydrogen-bond acceptors (Lipinski definition) is 2. The zero-order valence-electron chi connectivity index (χ0n) is 9.78. The molecule has 0 saturated heterocycles. The molecule has 1 unspecified atom stereocenters. The summed E-state index contributed by atoms with van der Waals surface area (Å²) >= 11 is 7.96. The van der Waals surface area contributed by atoms with Gasteiger partial charge in [0.05, 0.1) is 0 Å². The lowest BCUT2D eigenvalue weighted by Crippen LogP contribution is -2.33. The number of alkyl halides is 1. The van der Waals surface area contributed by atoms with Crippen molar-refractivity contribution in [1.82, 2.24) is 5.32 Å². The van der Waals surface area contributed by atoms with E-state index in [0.29, 0.717) is 0 Å². The second-order valence-corrected chi connectivity index (χ2v) is 6.09. The number of benzene rings is 1. The Kier molecular flexibility index (Phi) is 4.00. The molecule has 0 radical (unpaired) electrons. The number of carbonyl (C=O) groups excluding carboxylic acids is 1. The molecule has 1 amide bonds. The molecule has 2 rings (SSSR count). The number of rotatable bonds is 5. The second-order valence-electron chi connectivity index (χ2n) is 4.38. The fourth-order valence-electron chi connectivity index (χ4n) is 1.70. The standard InChI is InChI=1S/C13H16ClNOS/c1-17-13(7-8-13)9-15-12(16)11(14)10-5-3-2-4-6-10/h2-6,11H,7-9H2,1H3,(H,15,16). The van der Waals surface area contributed by atoms with Crippen LogP contribution in [0.2, 0.25) is 0 Å². The molecule has 1 aromatic carbocycles. The van der Waals surface area contributed by atoms with Crippen molar-refractivity contribution in [1.29, 1.82) is 0 Å². The highest BCUT2D eigenvalue weighted by Crippen LogP contribution is 2.46. The summed E-state index contributed by atoms with van der Waals surface area (Å²) in [4.78, 5) is 11.9. The first-order valence-corrected chi connectivity index (χ1v) is 7.35. The average Bonchev–Trinajstić information content (AvgIpc) is 3.17. The van der Waals surface area contributed by atoms with Crippen LogP contribution in [0, 0.1) is 0 Å². The van der Waals surface area contributed by atoms with Crippen molar-refractivity contribution < 1.29 is 4.79 Å². The molecule has 4 heteroatoms. The maximum atomic E-state index is 11.9. The number of hydrogen-bond donors (Lipinski definition) is 1. The molecule has 1 fully saturated rings. The Balaban J connectivity index is 1.88. The zero-order chi connectivity index (χ0) is 12.3. The average molecular weight is 270 g/mol. The van der Waals surface area contributed by atoms with Crippen LogP contribution in [0.1, 0.15) is 23.8 Å². The van der Waals surface area contributed by atoms with Gasteiger partial charge in [0.2, 0.25) is 5.91 Å². The molecule has 0 aliphatic heterocycles. The van der Waals surface area contributed by atoms with Gasteiger partial charge < -0.3 is 5.32 Å². The molecule has 1 atom stereocenters. The van der Waals surface area contributed by atoms with Gasteiger partial charge >= 0.3 is 0 Å². The predicted octanol–water partition coefficient (Wildman–Crippen LogP) is 2.98. The number of thioether (sulfide) groups is 1. The third-order valence-corrected chi connectivity index (χ3v) is 5.02. The molecular weight excluding hydrogens is 254 g/mol. The summed E-state index contributed by atoms with van der Waals surface area (Å²) in [6.45, 7) is 0.725.